The molecule has 0 aliphatic heterocycles. The minimum atomic E-state index is -0.273. The number of benzene rings is 1. The Bertz CT molecular complexity index is 559. The molecular formula is C13H12FN3O. The van der Waals surface area contributed by atoms with E-state index in [0.29, 0.717) is 37.4 Å². The Kier molecular flexibility index (Phi) is 4.02. The van der Waals surface area contributed by atoms with Gasteiger partial charge in [0.15, 0.2) is 5.82 Å². The number of hydrogen-bond donors (Lipinski definition) is 0. The molecule has 1 aromatic carbocycles. The zero-order chi connectivity index (χ0) is 12.8. The van der Waals surface area contributed by atoms with Crippen LogP contribution >= 0.6 is 0 Å². The zero-order valence-electron chi connectivity index (χ0n) is 9.77. The van der Waals surface area contributed by atoms with E-state index in [1.165, 1.54) is 12.1 Å². The average molecular weight is 245 g/mol. The van der Waals surface area contributed by atoms with Crippen molar-refractivity contribution in [2.75, 3.05) is 0 Å². The molecule has 0 atom stereocenters. The maximum Gasteiger partial charge on any atom is 0.226 e. The molecule has 0 N–H and O–H groups in total. The third-order valence-corrected chi connectivity index (χ3v) is 2.44. The summed E-state index contributed by atoms with van der Waals surface area (Å²) in [5, 5.41) is 12.2. The lowest BCUT2D eigenvalue weighted by Crippen LogP contribution is -1.92. The lowest BCUT2D eigenvalue weighted by atomic mass is 10.1. The summed E-state index contributed by atoms with van der Waals surface area (Å²) < 4.78 is 18.0. The summed E-state index contributed by atoms with van der Waals surface area (Å²) >= 11 is 0. The first-order chi connectivity index (χ1) is 8.78. The van der Waals surface area contributed by atoms with Gasteiger partial charge in [0.25, 0.3) is 0 Å². The number of aryl methyl sites for hydroxylation is 1. The van der Waals surface area contributed by atoms with Gasteiger partial charge in [-0.3, -0.25) is 0 Å². The quantitative estimate of drug-likeness (QED) is 0.760. The Morgan fingerprint density at radius 3 is 3.06 bits per heavy atom. The van der Waals surface area contributed by atoms with Crippen molar-refractivity contribution in [1.82, 2.24) is 10.1 Å². The van der Waals surface area contributed by atoms with Gasteiger partial charge >= 0.3 is 0 Å². The van der Waals surface area contributed by atoms with Gasteiger partial charge in [-0.25, -0.2) is 4.39 Å². The molecule has 18 heavy (non-hydrogen) atoms. The first-order valence-electron chi connectivity index (χ1n) is 5.71. The molecule has 1 heterocycles. The Morgan fingerprint density at radius 1 is 1.39 bits per heavy atom. The van der Waals surface area contributed by atoms with Gasteiger partial charge < -0.3 is 4.52 Å². The molecular weight excluding hydrogens is 233 g/mol. The Hall–Kier alpha value is -2.22. The molecule has 0 amide bonds. The first-order valence-corrected chi connectivity index (χ1v) is 5.71. The van der Waals surface area contributed by atoms with E-state index in [4.69, 9.17) is 9.78 Å². The van der Waals surface area contributed by atoms with Crippen molar-refractivity contribution in [3.05, 3.63) is 47.4 Å². The molecule has 0 saturated heterocycles. The molecule has 0 unspecified atom stereocenters. The van der Waals surface area contributed by atoms with Crippen LogP contribution in [0.4, 0.5) is 4.39 Å². The Labute approximate surface area is 104 Å². The van der Waals surface area contributed by atoms with Gasteiger partial charge in [-0.15, -0.1) is 0 Å². The fraction of sp³-hybridized carbons (Fsp3) is 0.308. The molecule has 4 nitrogen and oxygen atoms in total. The number of unbranched alkanes of at least 4 members (excludes halogenated alkanes) is 1. The molecule has 2 rings (SSSR count). The highest BCUT2D eigenvalue weighted by Crippen LogP contribution is 2.09. The second-order valence-corrected chi connectivity index (χ2v) is 3.92. The number of hydrogen-bond acceptors (Lipinski definition) is 4. The summed E-state index contributed by atoms with van der Waals surface area (Å²) in [6.07, 6.45) is 2.23. The lowest BCUT2D eigenvalue weighted by Gasteiger charge is -1.95. The van der Waals surface area contributed by atoms with Crippen LogP contribution in [0.25, 0.3) is 0 Å². The highest BCUT2D eigenvalue weighted by Gasteiger charge is 2.07. The number of aromatic nitrogens is 2. The average Bonchev–Trinajstić information content (AvgIpc) is 2.77. The monoisotopic (exact) mass is 245 g/mol. The van der Waals surface area contributed by atoms with Crippen LogP contribution in [0.3, 0.4) is 0 Å². The van der Waals surface area contributed by atoms with E-state index >= 15 is 0 Å². The van der Waals surface area contributed by atoms with Crippen LogP contribution in [0.5, 0.6) is 0 Å². The molecule has 0 bridgehead atoms. The van der Waals surface area contributed by atoms with Gasteiger partial charge in [0.05, 0.1) is 6.07 Å². The van der Waals surface area contributed by atoms with Crippen molar-refractivity contribution in [2.45, 2.75) is 25.7 Å². The number of nitriles is 1. The standard InChI is InChI=1S/C13H12FN3O/c14-11-5-3-4-10(8-11)9-12-16-13(18-17-12)6-1-2-7-15/h3-5,8H,1-2,6,9H2. The molecule has 2 aromatic rings. The minimum Gasteiger partial charge on any atom is -0.339 e. The molecule has 5 heteroatoms. The van der Waals surface area contributed by atoms with E-state index in [1.807, 2.05) is 6.07 Å². The second kappa shape index (κ2) is 5.92. The van der Waals surface area contributed by atoms with Crippen LogP contribution in [-0.2, 0) is 12.8 Å². The maximum atomic E-state index is 13.0. The van der Waals surface area contributed by atoms with Crippen molar-refractivity contribution >= 4 is 0 Å². The normalized spacial score (nSPS) is 10.2. The van der Waals surface area contributed by atoms with Gasteiger partial charge in [-0.05, 0) is 24.1 Å². The SMILES string of the molecule is N#CCCCc1nc(Cc2cccc(F)c2)no1. The summed E-state index contributed by atoms with van der Waals surface area (Å²) in [5.41, 5.74) is 0.805. The van der Waals surface area contributed by atoms with Crippen molar-refractivity contribution in [1.29, 1.82) is 5.26 Å². The van der Waals surface area contributed by atoms with E-state index in [0.717, 1.165) is 5.56 Å². The fourth-order valence-corrected chi connectivity index (χ4v) is 1.61. The molecule has 0 aliphatic rings. The molecule has 0 aliphatic carbocycles. The van der Waals surface area contributed by atoms with E-state index in [1.54, 1.807) is 6.07 Å². The van der Waals surface area contributed by atoms with Crippen LogP contribution in [0.1, 0.15) is 30.1 Å². The first kappa shape index (κ1) is 12.2. The van der Waals surface area contributed by atoms with Gasteiger partial charge in [-0.1, -0.05) is 17.3 Å². The van der Waals surface area contributed by atoms with E-state index < -0.39 is 0 Å². The van der Waals surface area contributed by atoms with Crippen molar-refractivity contribution < 1.29 is 8.91 Å². The number of halogens is 1. The molecule has 0 radical (unpaired) electrons. The van der Waals surface area contributed by atoms with Crippen LogP contribution in [0, 0.1) is 17.1 Å². The summed E-state index contributed by atoms with van der Waals surface area (Å²) in [6, 6.07) is 8.37. The predicted octanol–water partition coefficient (Wildman–Crippen LogP) is 2.65. The molecule has 0 saturated carbocycles. The van der Waals surface area contributed by atoms with Crippen molar-refractivity contribution in [3.8, 4) is 6.07 Å². The highest BCUT2D eigenvalue weighted by atomic mass is 19.1. The molecule has 0 spiro atoms. The van der Waals surface area contributed by atoms with Crippen molar-refractivity contribution in [3.63, 3.8) is 0 Å². The van der Waals surface area contributed by atoms with E-state index in [2.05, 4.69) is 16.2 Å². The van der Waals surface area contributed by atoms with Crippen LogP contribution in [-0.4, -0.2) is 10.1 Å². The van der Waals surface area contributed by atoms with Gasteiger partial charge in [-0.2, -0.15) is 10.2 Å². The van der Waals surface area contributed by atoms with Crippen LogP contribution < -0.4 is 0 Å². The van der Waals surface area contributed by atoms with Gasteiger partial charge in [0, 0.05) is 19.3 Å². The Morgan fingerprint density at radius 2 is 2.28 bits per heavy atom. The lowest BCUT2D eigenvalue weighted by molar-refractivity contribution is 0.371. The number of rotatable bonds is 5. The van der Waals surface area contributed by atoms with Gasteiger partial charge in [0.2, 0.25) is 5.89 Å². The summed E-state index contributed by atoms with van der Waals surface area (Å²) in [5.74, 6) is 0.787. The van der Waals surface area contributed by atoms with E-state index in [-0.39, 0.29) is 5.82 Å². The summed E-state index contributed by atoms with van der Waals surface area (Å²) in [6.45, 7) is 0. The van der Waals surface area contributed by atoms with Gasteiger partial charge in [0.1, 0.15) is 5.82 Å². The van der Waals surface area contributed by atoms with E-state index in [9.17, 15) is 4.39 Å². The molecule has 92 valence electrons. The van der Waals surface area contributed by atoms with Crippen molar-refractivity contribution in [2.24, 2.45) is 0 Å². The third-order valence-electron chi connectivity index (χ3n) is 2.44. The van der Waals surface area contributed by atoms with Crippen LogP contribution in [0.2, 0.25) is 0 Å². The second-order valence-electron chi connectivity index (χ2n) is 3.92. The topological polar surface area (TPSA) is 62.7 Å². The third kappa shape index (κ3) is 3.39. The van der Waals surface area contributed by atoms with Crippen LogP contribution in [0.15, 0.2) is 28.8 Å². The predicted molar refractivity (Wildman–Crippen MR) is 62.1 cm³/mol. The Balaban J connectivity index is 1.96. The molecule has 1 aromatic heterocycles. The fourth-order valence-electron chi connectivity index (χ4n) is 1.61. The highest BCUT2D eigenvalue weighted by molar-refractivity contribution is 5.19. The maximum absolute atomic E-state index is 13.0. The number of nitrogens with zero attached hydrogens (tertiary/aromatic N) is 3. The smallest absolute Gasteiger partial charge is 0.226 e. The summed E-state index contributed by atoms with van der Waals surface area (Å²) in [4.78, 5) is 4.20. The zero-order valence-corrected chi connectivity index (χ0v) is 9.77. The minimum absolute atomic E-state index is 0.273. The largest absolute Gasteiger partial charge is 0.339 e. The molecule has 0 fully saturated rings. The summed E-state index contributed by atoms with van der Waals surface area (Å²) in [7, 11) is 0.